The van der Waals surface area contributed by atoms with E-state index in [0.29, 0.717) is 11.1 Å². The van der Waals surface area contributed by atoms with E-state index in [1.807, 2.05) is 0 Å². The first-order chi connectivity index (χ1) is 8.49. The number of nitrogens with two attached hydrogens (primary N) is 2. The highest BCUT2D eigenvalue weighted by Gasteiger charge is 2.15. The molecular formula is C10H8ClN5O2. The van der Waals surface area contributed by atoms with Crippen molar-refractivity contribution in [3.05, 3.63) is 39.5 Å². The Morgan fingerprint density at radius 2 is 2.06 bits per heavy atom. The largest absolute Gasteiger partial charge is 0.383 e. The molecule has 92 valence electrons. The third-order valence-corrected chi connectivity index (χ3v) is 2.61. The summed E-state index contributed by atoms with van der Waals surface area (Å²) in [7, 11) is 0. The number of halogens is 1. The van der Waals surface area contributed by atoms with E-state index in [9.17, 15) is 10.1 Å². The van der Waals surface area contributed by atoms with Gasteiger partial charge in [0.2, 0.25) is 5.95 Å². The lowest BCUT2D eigenvalue weighted by Gasteiger charge is -2.05. The van der Waals surface area contributed by atoms with E-state index in [1.165, 1.54) is 18.3 Å². The van der Waals surface area contributed by atoms with Crippen LogP contribution in [0.3, 0.4) is 0 Å². The maximum absolute atomic E-state index is 10.8. The highest BCUT2D eigenvalue weighted by Crippen LogP contribution is 2.31. The molecule has 0 spiro atoms. The van der Waals surface area contributed by atoms with Crippen LogP contribution in [-0.2, 0) is 0 Å². The number of rotatable bonds is 2. The molecule has 4 N–H and O–H groups in total. The third-order valence-electron chi connectivity index (χ3n) is 2.29. The quantitative estimate of drug-likeness (QED) is 0.631. The number of nitro benzene ring substituents is 1. The van der Waals surface area contributed by atoms with E-state index in [-0.39, 0.29) is 22.5 Å². The van der Waals surface area contributed by atoms with Gasteiger partial charge in [0, 0.05) is 17.8 Å². The summed E-state index contributed by atoms with van der Waals surface area (Å²) < 4.78 is 0. The van der Waals surface area contributed by atoms with Gasteiger partial charge in [0.05, 0.1) is 4.92 Å². The number of anilines is 2. The molecule has 0 fully saturated rings. The zero-order valence-electron chi connectivity index (χ0n) is 9.00. The normalized spacial score (nSPS) is 10.3. The Morgan fingerprint density at radius 3 is 2.67 bits per heavy atom. The molecule has 0 atom stereocenters. The highest BCUT2D eigenvalue weighted by molar-refractivity contribution is 6.32. The molecule has 2 aromatic rings. The Kier molecular flexibility index (Phi) is 2.99. The first-order valence-electron chi connectivity index (χ1n) is 4.81. The van der Waals surface area contributed by atoms with Crippen LogP contribution in [0.2, 0.25) is 5.02 Å². The topological polar surface area (TPSA) is 121 Å². The minimum atomic E-state index is -0.569. The second-order valence-corrected chi connectivity index (χ2v) is 3.86. The van der Waals surface area contributed by atoms with Crippen LogP contribution < -0.4 is 11.5 Å². The van der Waals surface area contributed by atoms with Crippen molar-refractivity contribution in [3.8, 4) is 11.1 Å². The van der Waals surface area contributed by atoms with Crippen LogP contribution in [0.1, 0.15) is 0 Å². The standard InChI is InChI=1S/C10H8ClN5O2/c11-7-2-1-5(3-8(7)16(17)18)6-4-14-10(13)15-9(6)12/h1-4H,(H4,12,13,14,15). The Labute approximate surface area is 107 Å². The van der Waals surface area contributed by atoms with Crippen molar-refractivity contribution < 1.29 is 4.92 Å². The second-order valence-electron chi connectivity index (χ2n) is 3.45. The number of aromatic nitrogens is 2. The fourth-order valence-corrected chi connectivity index (χ4v) is 1.64. The molecule has 0 aliphatic carbocycles. The molecule has 0 saturated heterocycles. The van der Waals surface area contributed by atoms with Gasteiger partial charge in [0.25, 0.3) is 5.69 Å². The summed E-state index contributed by atoms with van der Waals surface area (Å²) in [5.74, 6) is 0.193. The van der Waals surface area contributed by atoms with E-state index >= 15 is 0 Å². The summed E-state index contributed by atoms with van der Waals surface area (Å²) in [6, 6.07) is 4.33. The number of nitrogens with zero attached hydrogens (tertiary/aromatic N) is 3. The monoisotopic (exact) mass is 265 g/mol. The molecule has 18 heavy (non-hydrogen) atoms. The third kappa shape index (κ3) is 2.16. The lowest BCUT2D eigenvalue weighted by Crippen LogP contribution is -2.01. The van der Waals surface area contributed by atoms with Crippen molar-refractivity contribution in [1.82, 2.24) is 9.97 Å². The van der Waals surface area contributed by atoms with Crippen LogP contribution in [-0.4, -0.2) is 14.9 Å². The van der Waals surface area contributed by atoms with Crippen LogP contribution in [0.5, 0.6) is 0 Å². The van der Waals surface area contributed by atoms with E-state index in [1.54, 1.807) is 6.07 Å². The zero-order valence-corrected chi connectivity index (χ0v) is 9.76. The molecule has 0 radical (unpaired) electrons. The fourth-order valence-electron chi connectivity index (χ4n) is 1.45. The van der Waals surface area contributed by atoms with Crippen molar-refractivity contribution in [2.24, 2.45) is 0 Å². The maximum atomic E-state index is 10.8. The lowest BCUT2D eigenvalue weighted by atomic mass is 10.1. The Balaban J connectivity index is 2.58. The van der Waals surface area contributed by atoms with Crippen molar-refractivity contribution in [1.29, 1.82) is 0 Å². The molecule has 1 aromatic heterocycles. The molecular weight excluding hydrogens is 258 g/mol. The van der Waals surface area contributed by atoms with Gasteiger partial charge in [-0.3, -0.25) is 10.1 Å². The molecule has 2 rings (SSSR count). The predicted molar refractivity (Wildman–Crippen MR) is 68.0 cm³/mol. The van der Waals surface area contributed by atoms with Gasteiger partial charge < -0.3 is 11.5 Å². The lowest BCUT2D eigenvalue weighted by molar-refractivity contribution is -0.384. The Bertz CT molecular complexity index is 632. The molecule has 1 heterocycles. The number of nitro groups is 1. The Morgan fingerprint density at radius 1 is 1.33 bits per heavy atom. The maximum Gasteiger partial charge on any atom is 0.288 e. The van der Waals surface area contributed by atoms with Gasteiger partial charge in [-0.05, 0) is 11.6 Å². The minimum absolute atomic E-state index is 0.0414. The van der Waals surface area contributed by atoms with Gasteiger partial charge in [-0.2, -0.15) is 4.98 Å². The predicted octanol–water partition coefficient (Wildman–Crippen LogP) is 1.87. The SMILES string of the molecule is Nc1ncc(-c2ccc(Cl)c([N+](=O)[O-])c2)c(N)n1. The van der Waals surface area contributed by atoms with Gasteiger partial charge >= 0.3 is 0 Å². The minimum Gasteiger partial charge on any atom is -0.383 e. The summed E-state index contributed by atoms with van der Waals surface area (Å²) >= 11 is 5.72. The number of nitrogen functional groups attached to an aromatic ring is 2. The van der Waals surface area contributed by atoms with Gasteiger partial charge in [-0.1, -0.05) is 17.7 Å². The van der Waals surface area contributed by atoms with Crippen molar-refractivity contribution >= 4 is 29.1 Å². The van der Waals surface area contributed by atoms with E-state index in [4.69, 9.17) is 23.1 Å². The van der Waals surface area contributed by atoms with Crippen LogP contribution in [0.4, 0.5) is 17.5 Å². The first kappa shape index (κ1) is 12.1. The molecule has 0 saturated carbocycles. The van der Waals surface area contributed by atoms with E-state index < -0.39 is 4.92 Å². The molecule has 0 unspecified atom stereocenters. The second kappa shape index (κ2) is 4.46. The average Bonchev–Trinajstić information content (AvgIpc) is 2.30. The molecule has 8 heteroatoms. The average molecular weight is 266 g/mol. The smallest absolute Gasteiger partial charge is 0.288 e. The van der Waals surface area contributed by atoms with Crippen molar-refractivity contribution in [2.45, 2.75) is 0 Å². The highest BCUT2D eigenvalue weighted by atomic mass is 35.5. The van der Waals surface area contributed by atoms with Crippen LogP contribution in [0, 0.1) is 10.1 Å². The molecule has 0 aliphatic heterocycles. The van der Waals surface area contributed by atoms with Crippen LogP contribution in [0.15, 0.2) is 24.4 Å². The Hall–Kier alpha value is -2.41. The summed E-state index contributed by atoms with van der Waals surface area (Å²) in [5.41, 5.74) is 11.8. The number of hydrogen-bond acceptors (Lipinski definition) is 6. The summed E-state index contributed by atoms with van der Waals surface area (Å²) in [6.07, 6.45) is 1.41. The number of hydrogen-bond donors (Lipinski definition) is 2. The van der Waals surface area contributed by atoms with Gasteiger partial charge in [-0.25, -0.2) is 4.98 Å². The molecule has 0 aliphatic rings. The molecule has 7 nitrogen and oxygen atoms in total. The fraction of sp³-hybridized carbons (Fsp3) is 0. The summed E-state index contributed by atoms with van der Waals surface area (Å²) in [6.45, 7) is 0. The summed E-state index contributed by atoms with van der Waals surface area (Å²) in [4.78, 5) is 17.8. The number of benzene rings is 1. The molecule has 0 amide bonds. The van der Waals surface area contributed by atoms with Crippen LogP contribution >= 0.6 is 11.6 Å². The first-order valence-corrected chi connectivity index (χ1v) is 5.19. The molecule has 0 bridgehead atoms. The van der Waals surface area contributed by atoms with Crippen molar-refractivity contribution in [3.63, 3.8) is 0 Å². The van der Waals surface area contributed by atoms with Crippen LogP contribution in [0.25, 0.3) is 11.1 Å². The molecule has 1 aromatic carbocycles. The van der Waals surface area contributed by atoms with Crippen molar-refractivity contribution in [2.75, 3.05) is 11.5 Å². The van der Waals surface area contributed by atoms with E-state index in [2.05, 4.69) is 9.97 Å². The van der Waals surface area contributed by atoms with Gasteiger partial charge in [0.15, 0.2) is 0 Å². The van der Waals surface area contributed by atoms with E-state index in [0.717, 1.165) is 0 Å². The zero-order chi connectivity index (χ0) is 13.3. The van der Waals surface area contributed by atoms with Gasteiger partial charge in [-0.15, -0.1) is 0 Å². The summed E-state index contributed by atoms with van der Waals surface area (Å²) in [5, 5.41) is 10.8. The van der Waals surface area contributed by atoms with Gasteiger partial charge in [0.1, 0.15) is 10.8 Å².